The van der Waals surface area contributed by atoms with Gasteiger partial charge >= 0.3 is 0 Å². The van der Waals surface area contributed by atoms with Gasteiger partial charge in [-0.05, 0) is 29.3 Å². The fraction of sp³-hybridized carbons (Fsp3) is 0.533. The molecule has 2 aromatic heterocycles. The fourth-order valence-electron chi connectivity index (χ4n) is 3.08. The third-order valence-corrected chi connectivity index (χ3v) is 4.60. The molecule has 2 aromatic rings. The molecule has 0 aliphatic carbocycles. The van der Waals surface area contributed by atoms with Crippen LogP contribution in [-0.2, 0) is 24.4 Å². The molecule has 4 nitrogen and oxygen atoms in total. The van der Waals surface area contributed by atoms with Crippen molar-refractivity contribution in [1.82, 2.24) is 14.7 Å². The fourth-order valence-corrected chi connectivity index (χ4v) is 3.74. The van der Waals surface area contributed by atoms with E-state index in [0.717, 1.165) is 32.8 Å². The third-order valence-electron chi connectivity index (χ3n) is 3.87. The highest BCUT2D eigenvalue weighted by atomic mass is 32.1. The summed E-state index contributed by atoms with van der Waals surface area (Å²) in [5.41, 5.74) is 4.13. The maximum atomic E-state index is 5.42. The third kappa shape index (κ3) is 2.66. The van der Waals surface area contributed by atoms with Gasteiger partial charge in [-0.25, -0.2) is 0 Å². The van der Waals surface area contributed by atoms with Gasteiger partial charge in [0.1, 0.15) is 0 Å². The summed E-state index contributed by atoms with van der Waals surface area (Å²) in [6.45, 7) is 6.89. The topological polar surface area (TPSA) is 30.3 Å². The van der Waals surface area contributed by atoms with Gasteiger partial charge in [0, 0.05) is 50.5 Å². The number of methoxy groups -OCH3 is 1. The highest BCUT2D eigenvalue weighted by Crippen LogP contribution is 2.29. The molecular formula is C15H21N3OS. The van der Waals surface area contributed by atoms with Gasteiger partial charge in [0.25, 0.3) is 0 Å². The molecule has 0 N–H and O–H groups in total. The number of aryl methyl sites for hydroxylation is 1. The Labute approximate surface area is 124 Å². The molecule has 0 spiro atoms. The largest absolute Gasteiger partial charge is 0.384 e. The summed E-state index contributed by atoms with van der Waals surface area (Å²) in [7, 11) is 1.78. The predicted molar refractivity (Wildman–Crippen MR) is 81.0 cm³/mol. The van der Waals surface area contributed by atoms with Crippen LogP contribution < -0.4 is 0 Å². The van der Waals surface area contributed by atoms with Crippen LogP contribution >= 0.6 is 11.3 Å². The first-order valence-corrected chi connectivity index (χ1v) is 8.03. The van der Waals surface area contributed by atoms with Crippen molar-refractivity contribution < 1.29 is 4.74 Å². The number of hydrogen-bond donors (Lipinski definition) is 0. The Morgan fingerprint density at radius 2 is 2.40 bits per heavy atom. The molecule has 0 amide bonds. The number of fused-ring (bicyclic) bond motifs is 1. The lowest BCUT2D eigenvalue weighted by Gasteiger charge is -2.33. The Morgan fingerprint density at radius 3 is 3.10 bits per heavy atom. The second-order valence-corrected chi connectivity index (χ2v) is 6.10. The maximum absolute atomic E-state index is 5.42. The number of rotatable bonds is 5. The number of nitrogens with zero attached hydrogens (tertiary/aromatic N) is 3. The Balaban J connectivity index is 1.81. The van der Waals surface area contributed by atoms with Crippen LogP contribution in [0.4, 0.5) is 0 Å². The Morgan fingerprint density at radius 1 is 1.50 bits per heavy atom. The first kappa shape index (κ1) is 13.8. The Hall–Kier alpha value is -1.17. The van der Waals surface area contributed by atoms with Gasteiger partial charge in [0.15, 0.2) is 0 Å². The molecule has 0 saturated heterocycles. The van der Waals surface area contributed by atoms with Crippen LogP contribution in [0.25, 0.3) is 0 Å². The molecule has 3 rings (SSSR count). The van der Waals surface area contributed by atoms with Crippen molar-refractivity contribution in [2.75, 3.05) is 20.3 Å². The summed E-state index contributed by atoms with van der Waals surface area (Å²) >= 11 is 1.76. The van der Waals surface area contributed by atoms with Crippen molar-refractivity contribution in [3.05, 3.63) is 39.8 Å². The minimum absolute atomic E-state index is 0.421. The lowest BCUT2D eigenvalue weighted by Crippen LogP contribution is -2.35. The van der Waals surface area contributed by atoms with Gasteiger partial charge in [0.2, 0.25) is 0 Å². The predicted octanol–water partition coefficient (Wildman–Crippen LogP) is 2.71. The molecule has 20 heavy (non-hydrogen) atoms. The van der Waals surface area contributed by atoms with Crippen molar-refractivity contribution >= 4 is 11.3 Å². The average Bonchev–Trinajstić information content (AvgIpc) is 3.08. The second kappa shape index (κ2) is 6.08. The molecule has 0 radical (unpaired) electrons. The number of hydrogen-bond acceptors (Lipinski definition) is 4. The summed E-state index contributed by atoms with van der Waals surface area (Å²) in [6, 6.07) is 2.21. The Kier molecular flexibility index (Phi) is 4.19. The normalized spacial score (nSPS) is 19.2. The second-order valence-electron chi connectivity index (χ2n) is 5.32. The van der Waals surface area contributed by atoms with Gasteiger partial charge in [-0.1, -0.05) is 0 Å². The van der Waals surface area contributed by atoms with Crippen LogP contribution in [0.3, 0.4) is 0 Å². The molecule has 3 heterocycles. The summed E-state index contributed by atoms with van der Waals surface area (Å²) < 4.78 is 7.55. The molecule has 0 bridgehead atoms. The molecule has 0 fully saturated rings. The van der Waals surface area contributed by atoms with Gasteiger partial charge in [0.05, 0.1) is 12.8 Å². The monoisotopic (exact) mass is 291 g/mol. The molecule has 1 aliphatic rings. The summed E-state index contributed by atoms with van der Waals surface area (Å²) in [6.07, 6.45) is 2.03. The van der Waals surface area contributed by atoms with Crippen molar-refractivity contribution in [2.45, 2.75) is 32.5 Å². The van der Waals surface area contributed by atoms with Crippen molar-refractivity contribution in [2.24, 2.45) is 0 Å². The minimum atomic E-state index is 0.421. The summed E-state index contributed by atoms with van der Waals surface area (Å²) in [5.74, 6) is 0.421. The standard InChI is InChI=1S/C15H21N3OS/c1-3-18-15-13(6-16-18)8-17(9-14(15)10-19-2)7-12-4-5-20-11-12/h4-6,11,14H,3,7-10H2,1-2H3/t14-/m1/s1. The smallest absolute Gasteiger partial charge is 0.0558 e. The molecule has 108 valence electrons. The van der Waals surface area contributed by atoms with E-state index in [1.807, 2.05) is 6.20 Å². The molecule has 1 aliphatic heterocycles. The molecule has 1 atom stereocenters. The molecule has 0 unspecified atom stereocenters. The van der Waals surface area contributed by atoms with Crippen molar-refractivity contribution in [1.29, 1.82) is 0 Å². The lowest BCUT2D eigenvalue weighted by atomic mass is 9.96. The van der Waals surface area contributed by atoms with Crippen LogP contribution in [0, 0.1) is 0 Å². The van der Waals surface area contributed by atoms with Gasteiger partial charge in [-0.2, -0.15) is 16.4 Å². The van der Waals surface area contributed by atoms with E-state index in [1.165, 1.54) is 16.8 Å². The van der Waals surface area contributed by atoms with Crippen LogP contribution in [0.5, 0.6) is 0 Å². The number of thiophene rings is 1. The highest BCUT2D eigenvalue weighted by Gasteiger charge is 2.29. The van der Waals surface area contributed by atoms with E-state index in [0.29, 0.717) is 5.92 Å². The zero-order chi connectivity index (χ0) is 13.9. The molecule has 0 aromatic carbocycles. The number of aromatic nitrogens is 2. The van der Waals surface area contributed by atoms with E-state index in [2.05, 4.69) is 38.4 Å². The zero-order valence-corrected chi connectivity index (χ0v) is 12.9. The van der Waals surface area contributed by atoms with E-state index >= 15 is 0 Å². The first-order valence-electron chi connectivity index (χ1n) is 7.08. The van der Waals surface area contributed by atoms with Crippen LogP contribution in [0.1, 0.15) is 29.7 Å². The zero-order valence-electron chi connectivity index (χ0n) is 12.1. The van der Waals surface area contributed by atoms with E-state index in [4.69, 9.17) is 4.74 Å². The van der Waals surface area contributed by atoms with Crippen molar-refractivity contribution in [3.8, 4) is 0 Å². The van der Waals surface area contributed by atoms with Crippen LogP contribution in [0.2, 0.25) is 0 Å². The van der Waals surface area contributed by atoms with E-state index in [9.17, 15) is 0 Å². The summed E-state index contributed by atoms with van der Waals surface area (Å²) in [4.78, 5) is 2.50. The minimum Gasteiger partial charge on any atom is -0.384 e. The van der Waals surface area contributed by atoms with E-state index in [1.54, 1.807) is 18.4 Å². The van der Waals surface area contributed by atoms with Gasteiger partial charge in [-0.15, -0.1) is 0 Å². The van der Waals surface area contributed by atoms with E-state index < -0.39 is 0 Å². The van der Waals surface area contributed by atoms with Crippen LogP contribution in [0.15, 0.2) is 23.0 Å². The lowest BCUT2D eigenvalue weighted by molar-refractivity contribution is 0.132. The Bertz CT molecular complexity index is 549. The van der Waals surface area contributed by atoms with E-state index in [-0.39, 0.29) is 0 Å². The quantitative estimate of drug-likeness (QED) is 0.848. The molecular weight excluding hydrogens is 270 g/mol. The maximum Gasteiger partial charge on any atom is 0.0558 e. The first-order chi connectivity index (χ1) is 9.81. The number of ether oxygens (including phenoxy) is 1. The van der Waals surface area contributed by atoms with Crippen molar-refractivity contribution in [3.63, 3.8) is 0 Å². The molecule has 0 saturated carbocycles. The van der Waals surface area contributed by atoms with Gasteiger partial charge < -0.3 is 4.74 Å². The summed E-state index contributed by atoms with van der Waals surface area (Å²) in [5, 5.41) is 8.89. The average molecular weight is 291 g/mol. The van der Waals surface area contributed by atoms with Gasteiger partial charge in [-0.3, -0.25) is 9.58 Å². The SMILES string of the molecule is CCn1ncc2c1[C@@H](COC)CN(Cc1ccsc1)C2. The highest BCUT2D eigenvalue weighted by molar-refractivity contribution is 7.07. The van der Waals surface area contributed by atoms with Crippen LogP contribution in [-0.4, -0.2) is 34.9 Å². The molecule has 5 heteroatoms.